The van der Waals surface area contributed by atoms with E-state index in [-0.39, 0.29) is 22.4 Å². The maximum absolute atomic E-state index is 12.5. The summed E-state index contributed by atoms with van der Waals surface area (Å²) < 4.78 is 37.5. The van der Waals surface area contributed by atoms with E-state index in [9.17, 15) is 18.0 Å². The molecule has 2 nitrogen and oxygen atoms in total. The fraction of sp³-hybridized carbons (Fsp3) is 0.222. The molecule has 0 radical (unpaired) electrons. The van der Waals surface area contributed by atoms with Gasteiger partial charge in [0, 0.05) is 4.90 Å². The van der Waals surface area contributed by atoms with Crippen LogP contribution in [0.15, 0.2) is 17.0 Å². The normalized spacial score (nSPS) is 15.6. The first-order valence-electron chi connectivity index (χ1n) is 4.21. The second-order valence-corrected chi connectivity index (χ2v) is 4.59. The summed E-state index contributed by atoms with van der Waals surface area (Å²) in [4.78, 5) is 11.6. The third kappa shape index (κ3) is 2.12. The molecule has 1 aliphatic rings. The second kappa shape index (κ2) is 3.85. The number of carbonyl (C=O) groups excluding carboxylic acids is 1. The van der Waals surface area contributed by atoms with Crippen LogP contribution < -0.4 is 5.32 Å². The van der Waals surface area contributed by atoms with E-state index in [1.165, 1.54) is 17.8 Å². The summed E-state index contributed by atoms with van der Waals surface area (Å²) in [6, 6.07) is 2.09. The molecule has 0 unspecified atom stereocenters. The molecule has 0 atom stereocenters. The van der Waals surface area contributed by atoms with Crippen LogP contribution in [0.1, 0.15) is 5.56 Å². The van der Waals surface area contributed by atoms with E-state index in [4.69, 9.17) is 11.6 Å². The van der Waals surface area contributed by atoms with Gasteiger partial charge in [-0.15, -0.1) is 11.8 Å². The average molecular weight is 268 g/mol. The Morgan fingerprint density at radius 1 is 1.38 bits per heavy atom. The third-order valence-corrected chi connectivity index (χ3v) is 3.38. The minimum absolute atomic E-state index is 0.165. The molecule has 1 aromatic carbocycles. The van der Waals surface area contributed by atoms with Crippen molar-refractivity contribution < 1.29 is 18.0 Å². The lowest BCUT2D eigenvalue weighted by Gasteiger charge is -2.19. The molecule has 2 rings (SSSR count). The highest BCUT2D eigenvalue weighted by molar-refractivity contribution is 8.00. The average Bonchev–Trinajstić information content (AvgIpc) is 2.16. The van der Waals surface area contributed by atoms with E-state index >= 15 is 0 Å². The van der Waals surface area contributed by atoms with Crippen molar-refractivity contribution in [2.24, 2.45) is 0 Å². The van der Waals surface area contributed by atoms with E-state index in [0.29, 0.717) is 4.90 Å². The highest BCUT2D eigenvalue weighted by atomic mass is 35.5. The molecule has 0 spiro atoms. The second-order valence-electron chi connectivity index (χ2n) is 3.16. The van der Waals surface area contributed by atoms with Gasteiger partial charge >= 0.3 is 6.18 Å². The van der Waals surface area contributed by atoms with Crippen LogP contribution in [-0.4, -0.2) is 11.7 Å². The molecule has 0 fully saturated rings. The number of hydrogen-bond acceptors (Lipinski definition) is 2. The van der Waals surface area contributed by atoms with Gasteiger partial charge in [0.15, 0.2) is 0 Å². The van der Waals surface area contributed by atoms with E-state index in [0.717, 1.165) is 6.07 Å². The molecule has 86 valence electrons. The van der Waals surface area contributed by atoms with Crippen LogP contribution in [0, 0.1) is 0 Å². The number of benzene rings is 1. The zero-order valence-electron chi connectivity index (χ0n) is 7.69. The van der Waals surface area contributed by atoms with Gasteiger partial charge in [0.25, 0.3) is 0 Å². The first-order valence-corrected chi connectivity index (χ1v) is 5.57. The molecule has 0 saturated carbocycles. The lowest BCUT2D eigenvalue weighted by Crippen LogP contribution is -2.19. The maximum Gasteiger partial charge on any atom is 0.417 e. The topological polar surface area (TPSA) is 29.1 Å². The van der Waals surface area contributed by atoms with Crippen molar-refractivity contribution in [1.82, 2.24) is 0 Å². The van der Waals surface area contributed by atoms with Crippen molar-refractivity contribution in [3.8, 4) is 0 Å². The van der Waals surface area contributed by atoms with Crippen molar-refractivity contribution in [1.29, 1.82) is 0 Å². The summed E-state index contributed by atoms with van der Waals surface area (Å²) in [5.74, 6) is -0.123. The lowest BCUT2D eigenvalue weighted by molar-refractivity contribution is -0.137. The van der Waals surface area contributed by atoms with Gasteiger partial charge in [0.2, 0.25) is 5.91 Å². The Morgan fingerprint density at radius 2 is 2.06 bits per heavy atom. The van der Waals surface area contributed by atoms with Crippen LogP contribution in [0.4, 0.5) is 18.9 Å². The molecular formula is C9H5ClF3NOS. The third-order valence-electron chi connectivity index (χ3n) is 2.01. The number of fused-ring (bicyclic) bond motifs is 1. The first kappa shape index (κ1) is 11.6. The number of halogens is 4. The summed E-state index contributed by atoms with van der Waals surface area (Å²) in [7, 11) is 0. The SMILES string of the molecule is O=C1CSc2cc(Cl)c(C(F)(F)F)cc2N1. The highest BCUT2D eigenvalue weighted by Crippen LogP contribution is 2.41. The maximum atomic E-state index is 12.5. The number of thioether (sulfide) groups is 1. The standard InChI is InChI=1S/C9H5ClF3NOS/c10-5-2-7-6(14-8(15)3-16-7)1-4(5)9(11,12)13/h1-2H,3H2,(H,14,15). The van der Waals surface area contributed by atoms with Gasteiger partial charge in [-0.05, 0) is 12.1 Å². The van der Waals surface area contributed by atoms with Gasteiger partial charge < -0.3 is 5.32 Å². The van der Waals surface area contributed by atoms with Crippen LogP contribution in [0.3, 0.4) is 0 Å². The Balaban J connectivity index is 2.51. The monoisotopic (exact) mass is 267 g/mol. The number of nitrogens with one attached hydrogen (secondary N) is 1. The molecule has 7 heteroatoms. The Labute approximate surface area is 98.2 Å². The predicted octanol–water partition coefficient (Wildman–Crippen LogP) is 3.40. The fourth-order valence-electron chi connectivity index (χ4n) is 1.32. The van der Waals surface area contributed by atoms with E-state index in [2.05, 4.69) is 5.32 Å². The minimum atomic E-state index is -4.51. The zero-order valence-corrected chi connectivity index (χ0v) is 9.26. The van der Waals surface area contributed by atoms with Crippen molar-refractivity contribution in [2.45, 2.75) is 11.1 Å². The Bertz CT molecular complexity index is 461. The molecule has 0 saturated heterocycles. The van der Waals surface area contributed by atoms with Crippen LogP contribution in [0.25, 0.3) is 0 Å². The number of alkyl halides is 3. The van der Waals surface area contributed by atoms with Gasteiger partial charge in [0.05, 0.1) is 22.0 Å². The van der Waals surface area contributed by atoms with Gasteiger partial charge in [-0.1, -0.05) is 11.6 Å². The van der Waals surface area contributed by atoms with Gasteiger partial charge in [-0.2, -0.15) is 13.2 Å². The lowest BCUT2D eigenvalue weighted by atomic mass is 10.2. The smallest absolute Gasteiger partial charge is 0.324 e. The fourth-order valence-corrected chi connectivity index (χ4v) is 2.48. The first-order chi connectivity index (χ1) is 7.38. The minimum Gasteiger partial charge on any atom is -0.324 e. The number of carbonyl (C=O) groups is 1. The molecule has 0 aromatic heterocycles. The number of amides is 1. The number of hydrogen-bond donors (Lipinski definition) is 1. The van der Waals surface area contributed by atoms with E-state index < -0.39 is 11.7 Å². The van der Waals surface area contributed by atoms with Gasteiger partial charge in [-0.3, -0.25) is 4.79 Å². The van der Waals surface area contributed by atoms with E-state index in [1.54, 1.807) is 0 Å². The molecular weight excluding hydrogens is 263 g/mol. The van der Waals surface area contributed by atoms with Gasteiger partial charge in [0.1, 0.15) is 0 Å². The quantitative estimate of drug-likeness (QED) is 0.780. The van der Waals surface area contributed by atoms with Crippen molar-refractivity contribution in [3.05, 3.63) is 22.7 Å². The van der Waals surface area contributed by atoms with Crippen LogP contribution in [0.5, 0.6) is 0 Å². The summed E-state index contributed by atoms with van der Waals surface area (Å²) in [6.07, 6.45) is -4.51. The largest absolute Gasteiger partial charge is 0.417 e. The highest BCUT2D eigenvalue weighted by Gasteiger charge is 2.34. The van der Waals surface area contributed by atoms with Crippen molar-refractivity contribution in [3.63, 3.8) is 0 Å². The Morgan fingerprint density at radius 3 is 2.69 bits per heavy atom. The van der Waals surface area contributed by atoms with Crippen molar-refractivity contribution >= 4 is 35.0 Å². The Kier molecular flexibility index (Phi) is 2.79. The summed E-state index contributed by atoms with van der Waals surface area (Å²) in [6.45, 7) is 0. The molecule has 0 aliphatic carbocycles. The molecule has 1 amide bonds. The van der Waals surface area contributed by atoms with Crippen LogP contribution in [-0.2, 0) is 11.0 Å². The molecule has 16 heavy (non-hydrogen) atoms. The van der Waals surface area contributed by atoms with Crippen molar-refractivity contribution in [2.75, 3.05) is 11.1 Å². The van der Waals surface area contributed by atoms with Crippen LogP contribution in [0.2, 0.25) is 5.02 Å². The summed E-state index contributed by atoms with van der Waals surface area (Å²) in [5.41, 5.74) is -0.770. The zero-order chi connectivity index (χ0) is 11.9. The number of anilines is 1. The molecule has 1 aliphatic heterocycles. The summed E-state index contributed by atoms with van der Waals surface area (Å²) in [5, 5.41) is 2.03. The summed E-state index contributed by atoms with van der Waals surface area (Å²) >= 11 is 6.70. The predicted molar refractivity (Wildman–Crippen MR) is 55.8 cm³/mol. The molecule has 1 aromatic rings. The van der Waals surface area contributed by atoms with E-state index in [1.807, 2.05) is 0 Å². The molecule has 1 heterocycles. The number of rotatable bonds is 0. The molecule has 1 N–H and O–H groups in total. The Hall–Kier alpha value is -0.880. The van der Waals surface area contributed by atoms with Gasteiger partial charge in [-0.25, -0.2) is 0 Å². The van der Waals surface area contributed by atoms with Crippen LogP contribution >= 0.6 is 23.4 Å². The molecule has 0 bridgehead atoms.